The maximum absolute atomic E-state index is 5.99. The van der Waals surface area contributed by atoms with Crippen molar-refractivity contribution in [2.24, 2.45) is 10.4 Å². The van der Waals surface area contributed by atoms with Crippen molar-refractivity contribution in [2.75, 3.05) is 33.4 Å². The minimum Gasteiger partial charge on any atom is -0.459 e. The van der Waals surface area contributed by atoms with E-state index >= 15 is 0 Å². The van der Waals surface area contributed by atoms with E-state index in [0.29, 0.717) is 12.0 Å². The van der Waals surface area contributed by atoms with Crippen molar-refractivity contribution in [1.82, 2.24) is 10.2 Å². The van der Waals surface area contributed by atoms with Gasteiger partial charge < -0.3 is 19.4 Å². The van der Waals surface area contributed by atoms with Gasteiger partial charge in [0, 0.05) is 43.1 Å². The molecule has 1 aromatic heterocycles. The number of hydrogen-bond acceptors (Lipinski definition) is 3. The van der Waals surface area contributed by atoms with Crippen molar-refractivity contribution in [3.63, 3.8) is 0 Å². The number of aryl methyl sites for hydroxylation is 1. The van der Waals surface area contributed by atoms with E-state index in [1.54, 1.807) is 0 Å². The fourth-order valence-corrected chi connectivity index (χ4v) is 3.97. The zero-order chi connectivity index (χ0) is 16.6. The molecule has 2 saturated heterocycles. The monoisotopic (exact) mass is 327 g/mol. The van der Waals surface area contributed by atoms with Gasteiger partial charge in [0.05, 0.1) is 13.2 Å². The van der Waals surface area contributed by atoms with Gasteiger partial charge in [-0.1, -0.05) is 18.2 Å². The number of fused-ring (bicyclic) bond motifs is 1. The Labute approximate surface area is 142 Å². The first-order valence-corrected chi connectivity index (χ1v) is 8.71. The van der Waals surface area contributed by atoms with Crippen LogP contribution in [0.2, 0.25) is 0 Å². The van der Waals surface area contributed by atoms with E-state index < -0.39 is 0 Å². The van der Waals surface area contributed by atoms with Gasteiger partial charge in [0.15, 0.2) is 5.96 Å². The number of rotatable bonds is 2. The lowest BCUT2D eigenvalue weighted by atomic mass is 9.87. The van der Waals surface area contributed by atoms with Crippen molar-refractivity contribution < 1.29 is 9.15 Å². The quantitative estimate of drug-likeness (QED) is 0.681. The Morgan fingerprint density at radius 1 is 1.33 bits per heavy atom. The van der Waals surface area contributed by atoms with Gasteiger partial charge in [0.2, 0.25) is 0 Å². The number of para-hydroxylation sites is 1. The predicted molar refractivity (Wildman–Crippen MR) is 95.2 cm³/mol. The molecular weight excluding hydrogens is 302 g/mol. The van der Waals surface area contributed by atoms with Crippen molar-refractivity contribution in [3.05, 3.63) is 35.6 Å². The Morgan fingerprint density at radius 2 is 2.21 bits per heavy atom. The second kappa shape index (κ2) is 6.13. The highest BCUT2D eigenvalue weighted by molar-refractivity contribution is 5.83. The lowest BCUT2D eigenvalue weighted by Gasteiger charge is -2.24. The lowest BCUT2D eigenvalue weighted by Crippen LogP contribution is -2.41. The number of likely N-dealkylation sites (tertiary alicyclic amines) is 1. The molecule has 1 N–H and O–H groups in total. The van der Waals surface area contributed by atoms with Crippen LogP contribution in [0.25, 0.3) is 11.0 Å². The molecular formula is C19H25N3O2. The highest BCUT2D eigenvalue weighted by Crippen LogP contribution is 2.38. The lowest BCUT2D eigenvalue weighted by molar-refractivity contribution is 0.156. The highest BCUT2D eigenvalue weighted by atomic mass is 16.5. The van der Waals surface area contributed by atoms with Gasteiger partial charge in [-0.15, -0.1) is 0 Å². The molecule has 2 aromatic rings. The van der Waals surface area contributed by atoms with Crippen molar-refractivity contribution in [2.45, 2.75) is 26.3 Å². The molecule has 1 atom stereocenters. The summed E-state index contributed by atoms with van der Waals surface area (Å²) in [5.74, 6) is 1.94. The van der Waals surface area contributed by atoms with Gasteiger partial charge in [-0.3, -0.25) is 4.99 Å². The minimum absolute atomic E-state index is 0.340. The summed E-state index contributed by atoms with van der Waals surface area (Å²) >= 11 is 0. The molecule has 1 unspecified atom stereocenters. The van der Waals surface area contributed by atoms with E-state index in [1.807, 2.05) is 25.2 Å². The van der Waals surface area contributed by atoms with Crippen LogP contribution < -0.4 is 5.32 Å². The summed E-state index contributed by atoms with van der Waals surface area (Å²) < 4.78 is 11.6. The third-order valence-corrected chi connectivity index (χ3v) is 5.48. The molecule has 24 heavy (non-hydrogen) atoms. The van der Waals surface area contributed by atoms with Crippen molar-refractivity contribution in [1.29, 1.82) is 0 Å². The average Bonchev–Trinajstić information content (AvgIpc) is 3.31. The summed E-state index contributed by atoms with van der Waals surface area (Å²) in [5.41, 5.74) is 2.49. The van der Waals surface area contributed by atoms with Gasteiger partial charge in [-0.2, -0.15) is 0 Å². The van der Waals surface area contributed by atoms with Gasteiger partial charge in [0.1, 0.15) is 11.3 Å². The van der Waals surface area contributed by atoms with Crippen LogP contribution in [0.4, 0.5) is 0 Å². The third-order valence-electron chi connectivity index (χ3n) is 5.48. The van der Waals surface area contributed by atoms with E-state index in [0.717, 1.165) is 43.6 Å². The molecule has 0 radical (unpaired) electrons. The number of hydrogen-bond donors (Lipinski definition) is 1. The highest BCUT2D eigenvalue weighted by Gasteiger charge is 2.42. The third kappa shape index (κ3) is 2.67. The van der Waals surface area contributed by atoms with Gasteiger partial charge in [0.25, 0.3) is 0 Å². The Hall–Kier alpha value is -2.01. The van der Waals surface area contributed by atoms with E-state index in [9.17, 15) is 0 Å². The first-order chi connectivity index (χ1) is 11.7. The molecule has 2 aliphatic rings. The average molecular weight is 327 g/mol. The van der Waals surface area contributed by atoms with Crippen LogP contribution in [0.3, 0.4) is 0 Å². The van der Waals surface area contributed by atoms with E-state index in [4.69, 9.17) is 9.15 Å². The number of nitrogens with zero attached hydrogens (tertiary/aromatic N) is 2. The van der Waals surface area contributed by atoms with Crippen LogP contribution in [-0.4, -0.2) is 44.2 Å². The molecule has 3 heterocycles. The maximum Gasteiger partial charge on any atom is 0.194 e. The number of ether oxygens (including phenoxy) is 1. The molecule has 2 fully saturated rings. The number of guanidine groups is 1. The van der Waals surface area contributed by atoms with Crippen LogP contribution in [0.1, 0.15) is 24.2 Å². The Morgan fingerprint density at radius 3 is 2.96 bits per heavy atom. The Bertz CT molecular complexity index is 759. The van der Waals surface area contributed by atoms with Crippen LogP contribution in [-0.2, 0) is 11.3 Å². The smallest absolute Gasteiger partial charge is 0.194 e. The van der Waals surface area contributed by atoms with Crippen LogP contribution in [0.15, 0.2) is 33.7 Å². The van der Waals surface area contributed by atoms with Crippen molar-refractivity contribution >= 4 is 16.9 Å². The van der Waals surface area contributed by atoms with E-state index in [1.165, 1.54) is 23.8 Å². The fraction of sp³-hybridized carbons (Fsp3) is 0.526. The zero-order valence-electron chi connectivity index (χ0n) is 14.5. The maximum atomic E-state index is 5.99. The molecule has 0 aliphatic carbocycles. The van der Waals surface area contributed by atoms with Crippen LogP contribution >= 0.6 is 0 Å². The predicted octanol–water partition coefficient (Wildman–Crippen LogP) is 2.93. The summed E-state index contributed by atoms with van der Waals surface area (Å²) in [7, 11) is 1.85. The fourth-order valence-electron chi connectivity index (χ4n) is 3.97. The minimum atomic E-state index is 0.340. The molecule has 4 rings (SSSR count). The topological polar surface area (TPSA) is 50.0 Å². The summed E-state index contributed by atoms with van der Waals surface area (Å²) in [6, 6.07) is 8.19. The summed E-state index contributed by atoms with van der Waals surface area (Å²) in [6.45, 7) is 6.65. The first-order valence-electron chi connectivity index (χ1n) is 8.71. The molecule has 2 aliphatic heterocycles. The van der Waals surface area contributed by atoms with E-state index in [2.05, 4.69) is 28.2 Å². The standard InChI is InChI=1S/C19H25N3O2/c1-14-15-5-3-4-6-16(15)24-17(14)11-21-18(20-2)22-9-7-19(12-22)8-10-23-13-19/h3-6H,7-13H2,1-2H3,(H,20,21). The number of aliphatic imine (C=N–C) groups is 1. The summed E-state index contributed by atoms with van der Waals surface area (Å²) in [6.07, 6.45) is 2.36. The van der Waals surface area contributed by atoms with Gasteiger partial charge in [-0.05, 0) is 25.8 Å². The second-order valence-electron chi connectivity index (χ2n) is 7.02. The van der Waals surface area contributed by atoms with Gasteiger partial charge >= 0.3 is 0 Å². The van der Waals surface area contributed by atoms with Gasteiger partial charge in [-0.25, -0.2) is 0 Å². The summed E-state index contributed by atoms with van der Waals surface area (Å²) in [5, 5.41) is 4.66. The molecule has 5 heteroatoms. The normalized spacial score (nSPS) is 24.4. The van der Waals surface area contributed by atoms with E-state index in [-0.39, 0.29) is 0 Å². The molecule has 0 bridgehead atoms. The molecule has 1 aromatic carbocycles. The molecule has 0 amide bonds. The number of benzene rings is 1. The Balaban J connectivity index is 1.45. The van der Waals surface area contributed by atoms with Crippen LogP contribution in [0, 0.1) is 12.3 Å². The number of nitrogens with one attached hydrogen (secondary N) is 1. The largest absolute Gasteiger partial charge is 0.459 e. The summed E-state index contributed by atoms with van der Waals surface area (Å²) in [4.78, 5) is 6.83. The molecule has 0 saturated carbocycles. The van der Waals surface area contributed by atoms with Crippen molar-refractivity contribution in [3.8, 4) is 0 Å². The molecule has 128 valence electrons. The zero-order valence-corrected chi connectivity index (χ0v) is 14.5. The van der Waals surface area contributed by atoms with Crippen LogP contribution in [0.5, 0.6) is 0 Å². The second-order valence-corrected chi connectivity index (χ2v) is 7.02. The SMILES string of the molecule is CN=C(NCc1oc2ccccc2c1C)N1CCC2(CCOC2)C1. The molecule has 1 spiro atoms. The first kappa shape index (κ1) is 15.5. The number of furan rings is 1. The Kier molecular flexibility index (Phi) is 3.96. The molecule has 5 nitrogen and oxygen atoms in total.